The van der Waals surface area contributed by atoms with E-state index >= 15 is 0 Å². The number of nitrogens with two attached hydrogens (primary N) is 1. The second kappa shape index (κ2) is 2.81. The zero-order valence-electron chi connectivity index (χ0n) is 6.33. The Bertz CT molecular complexity index is 394. The van der Waals surface area contributed by atoms with Crippen LogP contribution in [0.4, 0.5) is 0 Å². The molecule has 1 atom stereocenters. The molecule has 0 saturated heterocycles. The third kappa shape index (κ3) is 1.09. The average molecular weight is 182 g/mol. The van der Waals surface area contributed by atoms with Gasteiger partial charge in [-0.1, -0.05) is 18.2 Å². The Hall–Kier alpha value is -0.990. The van der Waals surface area contributed by atoms with Gasteiger partial charge in [-0.25, -0.2) is 0 Å². The fraction of sp³-hybridized carbons (Fsp3) is 0.111. The standard InChI is InChI=1S/C9H8ClNO/c10-9(11)7-5-12-8-4-2-1-3-6(7)8/h1-5,9H,11H2. The fourth-order valence-corrected chi connectivity index (χ4v) is 1.38. The molecular formula is C9H8ClNO. The van der Waals surface area contributed by atoms with Crippen molar-refractivity contribution in [2.75, 3.05) is 0 Å². The topological polar surface area (TPSA) is 39.2 Å². The first-order valence-corrected chi connectivity index (χ1v) is 4.08. The van der Waals surface area contributed by atoms with Gasteiger partial charge < -0.3 is 10.2 Å². The zero-order valence-corrected chi connectivity index (χ0v) is 7.08. The van der Waals surface area contributed by atoms with Crippen LogP contribution in [0.1, 0.15) is 11.1 Å². The van der Waals surface area contributed by atoms with Gasteiger partial charge in [0.2, 0.25) is 0 Å². The summed E-state index contributed by atoms with van der Waals surface area (Å²) in [5, 5.41) is 0.986. The third-order valence-electron chi connectivity index (χ3n) is 1.81. The van der Waals surface area contributed by atoms with Crippen LogP contribution in [0, 0.1) is 0 Å². The maximum Gasteiger partial charge on any atom is 0.134 e. The van der Waals surface area contributed by atoms with Gasteiger partial charge in [-0.15, -0.1) is 11.6 Å². The highest BCUT2D eigenvalue weighted by molar-refractivity contribution is 6.21. The van der Waals surface area contributed by atoms with Crippen LogP contribution in [-0.4, -0.2) is 0 Å². The number of fused-ring (bicyclic) bond motifs is 1. The molecule has 1 aromatic carbocycles. The molecule has 0 saturated carbocycles. The Morgan fingerprint density at radius 2 is 2.08 bits per heavy atom. The van der Waals surface area contributed by atoms with Gasteiger partial charge in [0, 0.05) is 10.9 Å². The highest BCUT2D eigenvalue weighted by atomic mass is 35.5. The van der Waals surface area contributed by atoms with Crippen molar-refractivity contribution in [1.82, 2.24) is 0 Å². The molecule has 0 amide bonds. The smallest absolute Gasteiger partial charge is 0.134 e. The minimum atomic E-state index is -0.492. The summed E-state index contributed by atoms with van der Waals surface area (Å²) in [6.07, 6.45) is 1.60. The van der Waals surface area contributed by atoms with Crippen molar-refractivity contribution in [1.29, 1.82) is 0 Å². The number of rotatable bonds is 1. The van der Waals surface area contributed by atoms with Crippen molar-refractivity contribution in [2.24, 2.45) is 5.73 Å². The van der Waals surface area contributed by atoms with Crippen LogP contribution < -0.4 is 5.73 Å². The minimum absolute atomic E-state index is 0.492. The van der Waals surface area contributed by atoms with Crippen molar-refractivity contribution in [3.05, 3.63) is 36.1 Å². The summed E-state index contributed by atoms with van der Waals surface area (Å²) in [4.78, 5) is 0. The van der Waals surface area contributed by atoms with Crippen LogP contribution >= 0.6 is 11.6 Å². The molecule has 3 heteroatoms. The van der Waals surface area contributed by atoms with E-state index in [9.17, 15) is 0 Å². The summed E-state index contributed by atoms with van der Waals surface area (Å²) < 4.78 is 5.25. The molecule has 12 heavy (non-hydrogen) atoms. The molecule has 2 aromatic rings. The van der Waals surface area contributed by atoms with Gasteiger partial charge in [-0.05, 0) is 6.07 Å². The van der Waals surface area contributed by atoms with E-state index in [2.05, 4.69) is 0 Å². The van der Waals surface area contributed by atoms with Crippen LogP contribution in [0.3, 0.4) is 0 Å². The molecule has 1 aromatic heterocycles. The third-order valence-corrected chi connectivity index (χ3v) is 2.04. The van der Waals surface area contributed by atoms with E-state index < -0.39 is 5.50 Å². The van der Waals surface area contributed by atoms with Gasteiger partial charge in [0.25, 0.3) is 0 Å². The van der Waals surface area contributed by atoms with E-state index in [4.69, 9.17) is 21.8 Å². The van der Waals surface area contributed by atoms with Crippen LogP contribution in [0.2, 0.25) is 0 Å². The van der Waals surface area contributed by atoms with Crippen molar-refractivity contribution in [3.8, 4) is 0 Å². The van der Waals surface area contributed by atoms with Crippen molar-refractivity contribution < 1.29 is 4.42 Å². The first kappa shape index (κ1) is 7.65. The van der Waals surface area contributed by atoms with Crippen molar-refractivity contribution in [3.63, 3.8) is 0 Å². The number of para-hydroxylation sites is 1. The van der Waals surface area contributed by atoms with Crippen LogP contribution in [0.25, 0.3) is 11.0 Å². The van der Waals surface area contributed by atoms with E-state index in [-0.39, 0.29) is 0 Å². The molecule has 0 spiro atoms. The Labute approximate surface area is 74.9 Å². The van der Waals surface area contributed by atoms with Crippen molar-refractivity contribution in [2.45, 2.75) is 5.50 Å². The number of hydrogen-bond donors (Lipinski definition) is 1. The number of alkyl halides is 1. The molecule has 2 rings (SSSR count). The number of halogens is 1. The van der Waals surface area contributed by atoms with Crippen LogP contribution in [0.5, 0.6) is 0 Å². The summed E-state index contributed by atoms with van der Waals surface area (Å²) in [5.41, 5.74) is 6.70. The van der Waals surface area contributed by atoms with E-state index in [1.165, 1.54) is 0 Å². The second-order valence-corrected chi connectivity index (χ2v) is 3.06. The molecule has 0 radical (unpaired) electrons. The maximum atomic E-state index is 5.74. The summed E-state index contributed by atoms with van der Waals surface area (Å²) >= 11 is 5.74. The molecule has 0 aliphatic carbocycles. The Morgan fingerprint density at radius 1 is 1.33 bits per heavy atom. The largest absolute Gasteiger partial charge is 0.464 e. The van der Waals surface area contributed by atoms with Crippen molar-refractivity contribution >= 4 is 22.6 Å². The summed E-state index contributed by atoms with van der Waals surface area (Å²) in [6.45, 7) is 0. The van der Waals surface area contributed by atoms with E-state index in [0.29, 0.717) is 0 Å². The maximum absolute atomic E-state index is 5.74. The summed E-state index contributed by atoms with van der Waals surface area (Å²) in [5.74, 6) is 0. The highest BCUT2D eigenvalue weighted by Gasteiger charge is 2.09. The van der Waals surface area contributed by atoms with E-state index in [1.807, 2.05) is 24.3 Å². The van der Waals surface area contributed by atoms with Crippen LogP contribution in [-0.2, 0) is 0 Å². The molecule has 0 fully saturated rings. The van der Waals surface area contributed by atoms with Gasteiger partial charge in [0.05, 0.1) is 6.26 Å². The number of benzene rings is 1. The first-order valence-electron chi connectivity index (χ1n) is 3.65. The summed E-state index contributed by atoms with van der Waals surface area (Å²) in [6, 6.07) is 7.67. The van der Waals surface area contributed by atoms with Gasteiger partial charge in [-0.2, -0.15) is 0 Å². The molecule has 2 nitrogen and oxygen atoms in total. The normalized spacial score (nSPS) is 13.5. The summed E-state index contributed by atoms with van der Waals surface area (Å²) in [7, 11) is 0. The lowest BCUT2D eigenvalue weighted by molar-refractivity contribution is 0.610. The lowest BCUT2D eigenvalue weighted by Gasteiger charge is -1.97. The van der Waals surface area contributed by atoms with E-state index in [0.717, 1.165) is 16.5 Å². The predicted octanol–water partition coefficient (Wildman–Crippen LogP) is 2.63. The molecule has 1 heterocycles. The van der Waals surface area contributed by atoms with Gasteiger partial charge in [0.15, 0.2) is 0 Å². The monoisotopic (exact) mass is 181 g/mol. The van der Waals surface area contributed by atoms with Gasteiger partial charge >= 0.3 is 0 Å². The highest BCUT2D eigenvalue weighted by Crippen LogP contribution is 2.26. The molecular weight excluding hydrogens is 174 g/mol. The average Bonchev–Trinajstić information content (AvgIpc) is 2.47. The Kier molecular flexibility index (Phi) is 1.79. The molecule has 0 aliphatic heterocycles. The quantitative estimate of drug-likeness (QED) is 0.543. The molecule has 0 bridgehead atoms. The Morgan fingerprint density at radius 3 is 2.83 bits per heavy atom. The Balaban J connectivity index is 2.70. The molecule has 0 aliphatic rings. The molecule has 62 valence electrons. The number of hydrogen-bond acceptors (Lipinski definition) is 2. The molecule has 1 unspecified atom stereocenters. The van der Waals surface area contributed by atoms with E-state index in [1.54, 1.807) is 6.26 Å². The lowest BCUT2D eigenvalue weighted by atomic mass is 10.2. The van der Waals surface area contributed by atoms with Crippen LogP contribution in [0.15, 0.2) is 34.9 Å². The lowest BCUT2D eigenvalue weighted by Crippen LogP contribution is -2.00. The first-order chi connectivity index (χ1) is 5.79. The molecule has 2 N–H and O–H groups in total. The van der Waals surface area contributed by atoms with Gasteiger partial charge in [0.1, 0.15) is 11.1 Å². The number of furan rings is 1. The predicted molar refractivity (Wildman–Crippen MR) is 49.0 cm³/mol. The fourth-order valence-electron chi connectivity index (χ4n) is 1.21. The van der Waals surface area contributed by atoms with Gasteiger partial charge in [-0.3, -0.25) is 0 Å². The second-order valence-electron chi connectivity index (χ2n) is 2.59. The SMILES string of the molecule is NC(Cl)c1coc2ccccc12. The minimum Gasteiger partial charge on any atom is -0.464 e. The zero-order chi connectivity index (χ0) is 8.55.